The summed E-state index contributed by atoms with van der Waals surface area (Å²) < 4.78 is 0. The molecule has 0 spiro atoms. The molecule has 3 aromatic rings. The molecule has 0 nitrogen and oxygen atoms in total. The Hall–Kier alpha value is -2.34. The van der Waals surface area contributed by atoms with Crippen LogP contribution in [0.1, 0.15) is 16.7 Å². The Morgan fingerprint density at radius 1 is 0.650 bits per heavy atom. The molecule has 96 valence electrons. The molecule has 0 fully saturated rings. The predicted octanol–water partition coefficient (Wildman–Crippen LogP) is 5.23. The van der Waals surface area contributed by atoms with Crippen LogP contribution in [0.15, 0.2) is 66.7 Å². The molecule has 20 heavy (non-hydrogen) atoms. The summed E-state index contributed by atoms with van der Waals surface area (Å²) in [6.07, 6.45) is 1.06. The van der Waals surface area contributed by atoms with Gasteiger partial charge in [-0.05, 0) is 46.7 Å². The van der Waals surface area contributed by atoms with Gasteiger partial charge < -0.3 is 0 Å². The quantitative estimate of drug-likeness (QED) is 0.437. The molecule has 0 saturated heterocycles. The molecule has 4 rings (SSSR count). The first kappa shape index (κ1) is 11.5. The Morgan fingerprint density at radius 2 is 1.35 bits per heavy atom. The standard InChI is InChI=1S/C20H16/c1-14-9-11-15(12-10-14)18-8-4-6-17-13-16-5-2-3-7-19(16)20(17)18/h2-12H,13H2,1H3. The molecule has 0 bridgehead atoms. The van der Waals surface area contributed by atoms with Gasteiger partial charge in [-0.2, -0.15) is 0 Å². The lowest BCUT2D eigenvalue weighted by atomic mass is 9.94. The van der Waals surface area contributed by atoms with Crippen molar-refractivity contribution < 1.29 is 0 Å². The summed E-state index contributed by atoms with van der Waals surface area (Å²) >= 11 is 0. The van der Waals surface area contributed by atoms with Crippen LogP contribution < -0.4 is 0 Å². The summed E-state index contributed by atoms with van der Waals surface area (Å²) in [5, 5.41) is 0. The number of aryl methyl sites for hydroxylation is 1. The summed E-state index contributed by atoms with van der Waals surface area (Å²) in [6.45, 7) is 2.13. The van der Waals surface area contributed by atoms with Crippen LogP contribution in [0.3, 0.4) is 0 Å². The molecular weight excluding hydrogens is 240 g/mol. The lowest BCUT2D eigenvalue weighted by Crippen LogP contribution is -1.86. The van der Waals surface area contributed by atoms with Crippen molar-refractivity contribution in [1.82, 2.24) is 0 Å². The third-order valence-corrected chi connectivity index (χ3v) is 4.18. The highest BCUT2D eigenvalue weighted by atomic mass is 14.2. The van der Waals surface area contributed by atoms with Crippen molar-refractivity contribution in [2.45, 2.75) is 13.3 Å². The number of benzene rings is 3. The maximum absolute atomic E-state index is 2.26. The highest BCUT2D eigenvalue weighted by molar-refractivity contribution is 5.90. The summed E-state index contributed by atoms with van der Waals surface area (Å²) in [5.74, 6) is 0. The van der Waals surface area contributed by atoms with Gasteiger partial charge in [0.1, 0.15) is 0 Å². The van der Waals surface area contributed by atoms with Gasteiger partial charge in [0.2, 0.25) is 0 Å². The molecule has 0 saturated carbocycles. The van der Waals surface area contributed by atoms with E-state index in [0.29, 0.717) is 0 Å². The molecule has 1 aliphatic carbocycles. The van der Waals surface area contributed by atoms with Crippen molar-refractivity contribution in [2.75, 3.05) is 0 Å². The van der Waals surface area contributed by atoms with Crippen LogP contribution in [0.25, 0.3) is 22.3 Å². The summed E-state index contributed by atoms with van der Waals surface area (Å²) in [6, 6.07) is 24.3. The second-order valence-electron chi connectivity index (χ2n) is 5.54. The number of fused-ring (bicyclic) bond motifs is 3. The van der Waals surface area contributed by atoms with Gasteiger partial charge in [0, 0.05) is 0 Å². The van der Waals surface area contributed by atoms with E-state index in [2.05, 4.69) is 73.7 Å². The molecule has 0 unspecified atom stereocenters. The molecule has 0 heterocycles. The monoisotopic (exact) mass is 256 g/mol. The molecule has 0 aliphatic heterocycles. The molecular formula is C20H16. The van der Waals surface area contributed by atoms with E-state index in [9.17, 15) is 0 Å². The number of hydrogen-bond acceptors (Lipinski definition) is 0. The second kappa shape index (κ2) is 4.35. The molecule has 1 aliphatic rings. The summed E-state index contributed by atoms with van der Waals surface area (Å²) in [7, 11) is 0. The van der Waals surface area contributed by atoms with Gasteiger partial charge in [-0.25, -0.2) is 0 Å². The molecule has 3 aromatic carbocycles. The zero-order valence-electron chi connectivity index (χ0n) is 11.6. The van der Waals surface area contributed by atoms with Crippen molar-refractivity contribution >= 4 is 0 Å². The van der Waals surface area contributed by atoms with Crippen LogP contribution in [0.5, 0.6) is 0 Å². The minimum absolute atomic E-state index is 1.06. The third-order valence-electron chi connectivity index (χ3n) is 4.18. The van der Waals surface area contributed by atoms with E-state index in [1.165, 1.54) is 38.9 Å². The van der Waals surface area contributed by atoms with Crippen LogP contribution in [-0.4, -0.2) is 0 Å². The Labute approximate surface area is 119 Å². The number of rotatable bonds is 1. The smallest absolute Gasteiger partial charge is 0.00132 e. The van der Waals surface area contributed by atoms with E-state index >= 15 is 0 Å². The minimum Gasteiger partial charge on any atom is -0.0619 e. The van der Waals surface area contributed by atoms with Crippen LogP contribution in [0.4, 0.5) is 0 Å². The molecule has 0 radical (unpaired) electrons. The zero-order valence-corrected chi connectivity index (χ0v) is 11.6. The van der Waals surface area contributed by atoms with Crippen LogP contribution in [-0.2, 0) is 6.42 Å². The maximum Gasteiger partial charge on any atom is -0.00132 e. The van der Waals surface area contributed by atoms with Crippen molar-refractivity contribution in [3.05, 3.63) is 83.4 Å². The van der Waals surface area contributed by atoms with Crippen LogP contribution in [0, 0.1) is 6.92 Å². The average Bonchev–Trinajstić information content (AvgIpc) is 2.86. The Kier molecular flexibility index (Phi) is 2.50. The lowest BCUT2D eigenvalue weighted by molar-refractivity contribution is 1.26. The van der Waals surface area contributed by atoms with Gasteiger partial charge in [-0.15, -0.1) is 0 Å². The van der Waals surface area contributed by atoms with E-state index < -0.39 is 0 Å². The van der Waals surface area contributed by atoms with E-state index in [1.54, 1.807) is 0 Å². The third kappa shape index (κ3) is 1.69. The first-order valence-corrected chi connectivity index (χ1v) is 7.10. The van der Waals surface area contributed by atoms with Crippen molar-refractivity contribution in [2.24, 2.45) is 0 Å². The number of hydrogen-bond donors (Lipinski definition) is 0. The fourth-order valence-corrected chi connectivity index (χ4v) is 3.16. The summed E-state index contributed by atoms with van der Waals surface area (Å²) in [5.41, 5.74) is 9.69. The maximum atomic E-state index is 2.26. The van der Waals surface area contributed by atoms with Gasteiger partial charge in [-0.1, -0.05) is 72.3 Å². The normalized spacial score (nSPS) is 12.1. The molecule has 0 heteroatoms. The molecule has 0 amide bonds. The molecule has 0 aromatic heterocycles. The van der Waals surface area contributed by atoms with Crippen molar-refractivity contribution in [1.29, 1.82) is 0 Å². The largest absolute Gasteiger partial charge is 0.0619 e. The average molecular weight is 256 g/mol. The first-order chi connectivity index (χ1) is 9.83. The van der Waals surface area contributed by atoms with Gasteiger partial charge in [0.15, 0.2) is 0 Å². The van der Waals surface area contributed by atoms with Gasteiger partial charge in [0.25, 0.3) is 0 Å². The van der Waals surface area contributed by atoms with E-state index in [1.807, 2.05) is 0 Å². The fourth-order valence-electron chi connectivity index (χ4n) is 3.16. The lowest BCUT2D eigenvalue weighted by Gasteiger charge is -2.10. The van der Waals surface area contributed by atoms with Crippen LogP contribution >= 0.6 is 0 Å². The Balaban J connectivity index is 1.97. The first-order valence-electron chi connectivity index (χ1n) is 7.10. The van der Waals surface area contributed by atoms with Crippen molar-refractivity contribution in [3.8, 4) is 22.3 Å². The SMILES string of the molecule is Cc1ccc(-c2cccc3c2-c2ccccc2C3)cc1. The fraction of sp³-hybridized carbons (Fsp3) is 0.100. The van der Waals surface area contributed by atoms with Crippen LogP contribution in [0.2, 0.25) is 0 Å². The molecule has 0 atom stereocenters. The zero-order chi connectivity index (χ0) is 13.5. The van der Waals surface area contributed by atoms with E-state index in [-0.39, 0.29) is 0 Å². The van der Waals surface area contributed by atoms with Gasteiger partial charge in [-0.3, -0.25) is 0 Å². The molecule has 0 N–H and O–H groups in total. The predicted molar refractivity (Wildman–Crippen MR) is 84.9 cm³/mol. The highest BCUT2D eigenvalue weighted by Crippen LogP contribution is 2.42. The van der Waals surface area contributed by atoms with E-state index in [0.717, 1.165) is 6.42 Å². The minimum atomic E-state index is 1.06. The Morgan fingerprint density at radius 3 is 2.20 bits per heavy atom. The topological polar surface area (TPSA) is 0 Å². The Bertz CT molecular complexity index is 779. The highest BCUT2D eigenvalue weighted by Gasteiger charge is 2.20. The van der Waals surface area contributed by atoms with E-state index in [4.69, 9.17) is 0 Å². The summed E-state index contributed by atoms with van der Waals surface area (Å²) in [4.78, 5) is 0. The second-order valence-corrected chi connectivity index (χ2v) is 5.54. The van der Waals surface area contributed by atoms with Gasteiger partial charge in [0.05, 0.1) is 0 Å². The van der Waals surface area contributed by atoms with Gasteiger partial charge >= 0.3 is 0 Å². The van der Waals surface area contributed by atoms with Crippen molar-refractivity contribution in [3.63, 3.8) is 0 Å².